The summed E-state index contributed by atoms with van der Waals surface area (Å²) in [5.41, 5.74) is 0. The van der Waals surface area contributed by atoms with Gasteiger partial charge in [0, 0.05) is 19.6 Å². The van der Waals surface area contributed by atoms with Gasteiger partial charge in [-0.05, 0) is 61.0 Å². The predicted octanol–water partition coefficient (Wildman–Crippen LogP) is 10.2. The van der Waals surface area contributed by atoms with E-state index in [1.807, 2.05) is 70.6 Å². The van der Waals surface area contributed by atoms with Crippen molar-refractivity contribution >= 4 is 70.6 Å². The maximum absolute atomic E-state index is 2.26. The first-order chi connectivity index (χ1) is 16.7. The van der Waals surface area contributed by atoms with Gasteiger partial charge in [0.1, 0.15) is 6.82 Å². The van der Waals surface area contributed by atoms with Crippen LogP contribution in [0.15, 0.2) is 141 Å². The Hall–Kier alpha value is -1.02. The molecule has 0 aromatic heterocycles. The van der Waals surface area contributed by atoms with Crippen molar-refractivity contribution < 1.29 is 0 Å². The van der Waals surface area contributed by atoms with Crippen LogP contribution in [-0.2, 0) is 0 Å². The highest BCUT2D eigenvalue weighted by molar-refractivity contribution is 8.42. The van der Waals surface area contributed by atoms with Crippen LogP contribution in [0.1, 0.15) is 0 Å². The van der Waals surface area contributed by atoms with E-state index in [1.165, 1.54) is 19.6 Å². The minimum Gasteiger partial charge on any atom is -0.133 e. The Labute approximate surface area is 229 Å². The van der Waals surface area contributed by atoms with E-state index in [2.05, 4.69) is 134 Å². The molecule has 0 amide bonds. The summed E-state index contributed by atoms with van der Waals surface area (Å²) >= 11 is 11.7. The SMILES string of the molecule is CSC(Sc1ccccc1)(Sc1ccccc1)C(SC)(Sc1ccccc1)Sc1ccccc1. The van der Waals surface area contributed by atoms with Crippen LogP contribution in [0.2, 0.25) is 0 Å². The third kappa shape index (κ3) is 6.40. The average molecular weight is 555 g/mol. The molecule has 0 aliphatic rings. The molecule has 0 atom stereocenters. The zero-order chi connectivity index (χ0) is 23.7. The molecule has 0 heterocycles. The number of hydrogen-bond acceptors (Lipinski definition) is 6. The van der Waals surface area contributed by atoms with E-state index in [4.69, 9.17) is 0 Å². The van der Waals surface area contributed by atoms with E-state index in [9.17, 15) is 0 Å². The molecule has 0 radical (unpaired) electrons. The standard InChI is InChI=1S/C28H26S6/c1-29-27(31-23-15-7-3-8-16-23,32-24-17-9-4-10-18-24)28(30-2,33-25-19-11-5-12-20-25)34-26-21-13-6-14-22-26/h3-22H,1-2H3. The van der Waals surface area contributed by atoms with Gasteiger partial charge < -0.3 is 0 Å². The van der Waals surface area contributed by atoms with Crippen molar-refractivity contribution in [3.8, 4) is 0 Å². The molecule has 0 spiro atoms. The molecular weight excluding hydrogens is 529 g/mol. The van der Waals surface area contributed by atoms with Gasteiger partial charge in [-0.3, -0.25) is 0 Å². The minimum atomic E-state index is -0.240. The van der Waals surface area contributed by atoms with E-state index >= 15 is 0 Å². The fourth-order valence-corrected chi connectivity index (χ4v) is 13.7. The Morgan fingerprint density at radius 1 is 0.353 bits per heavy atom. The molecule has 0 nitrogen and oxygen atoms in total. The van der Waals surface area contributed by atoms with E-state index in [-0.39, 0.29) is 6.82 Å². The van der Waals surface area contributed by atoms with Gasteiger partial charge in [-0.15, -0.1) is 23.5 Å². The summed E-state index contributed by atoms with van der Waals surface area (Å²) in [6, 6.07) is 43.3. The van der Waals surface area contributed by atoms with Crippen molar-refractivity contribution in [1.82, 2.24) is 0 Å². The maximum atomic E-state index is 2.26. The average Bonchev–Trinajstić information content (AvgIpc) is 2.90. The molecule has 0 N–H and O–H groups in total. The van der Waals surface area contributed by atoms with Gasteiger partial charge in [-0.25, -0.2) is 0 Å². The molecular formula is C28H26S6. The van der Waals surface area contributed by atoms with Crippen molar-refractivity contribution in [2.75, 3.05) is 12.5 Å². The zero-order valence-electron chi connectivity index (χ0n) is 19.0. The van der Waals surface area contributed by atoms with Gasteiger partial charge in [0.15, 0.2) is 0 Å². The van der Waals surface area contributed by atoms with Crippen molar-refractivity contribution in [2.45, 2.75) is 26.4 Å². The van der Waals surface area contributed by atoms with E-state index < -0.39 is 0 Å². The molecule has 4 aromatic carbocycles. The first kappa shape index (κ1) is 26.1. The van der Waals surface area contributed by atoms with Crippen LogP contribution in [-0.4, -0.2) is 19.3 Å². The van der Waals surface area contributed by atoms with Gasteiger partial charge in [0.25, 0.3) is 0 Å². The normalized spacial score (nSPS) is 11.9. The number of hydrogen-bond donors (Lipinski definition) is 0. The second kappa shape index (κ2) is 12.8. The smallest absolute Gasteiger partial charge is 0.133 e. The molecule has 4 rings (SSSR count). The van der Waals surface area contributed by atoms with Crippen LogP contribution >= 0.6 is 70.6 Å². The second-order valence-electron chi connectivity index (χ2n) is 7.18. The first-order valence-electron chi connectivity index (χ1n) is 10.8. The van der Waals surface area contributed by atoms with Gasteiger partial charge in [0.2, 0.25) is 0 Å². The van der Waals surface area contributed by atoms with Gasteiger partial charge in [-0.1, -0.05) is 120 Å². The highest BCUT2D eigenvalue weighted by Gasteiger charge is 2.55. The molecule has 6 heteroatoms. The monoisotopic (exact) mass is 554 g/mol. The van der Waals surface area contributed by atoms with Crippen molar-refractivity contribution in [1.29, 1.82) is 0 Å². The van der Waals surface area contributed by atoms with Crippen molar-refractivity contribution in [2.24, 2.45) is 0 Å². The molecule has 174 valence electrons. The highest BCUT2D eigenvalue weighted by Crippen LogP contribution is 2.71. The van der Waals surface area contributed by atoms with E-state index in [1.54, 1.807) is 0 Å². The lowest BCUT2D eigenvalue weighted by Crippen LogP contribution is -2.38. The summed E-state index contributed by atoms with van der Waals surface area (Å²) in [5, 5.41) is 0. The molecule has 0 saturated carbocycles. The lowest BCUT2D eigenvalue weighted by molar-refractivity contribution is 1.17. The van der Waals surface area contributed by atoms with Gasteiger partial charge in [-0.2, -0.15) is 0 Å². The largest absolute Gasteiger partial charge is 0.149 e. The van der Waals surface area contributed by atoms with Gasteiger partial charge in [0.05, 0.1) is 0 Å². The molecule has 0 unspecified atom stereocenters. The summed E-state index contributed by atoms with van der Waals surface area (Å²) in [6.07, 6.45) is 4.52. The third-order valence-corrected chi connectivity index (χ3v) is 16.1. The van der Waals surface area contributed by atoms with Crippen LogP contribution < -0.4 is 0 Å². The lowest BCUT2D eigenvalue weighted by Gasteiger charge is -2.46. The fraction of sp³-hybridized carbons (Fsp3) is 0.143. The topological polar surface area (TPSA) is 0 Å². The minimum absolute atomic E-state index is 0.240. The third-order valence-electron chi connectivity index (χ3n) is 4.89. The summed E-state index contributed by atoms with van der Waals surface area (Å²) in [6.45, 7) is 0. The second-order valence-corrected chi connectivity index (χ2v) is 15.9. The first-order valence-corrected chi connectivity index (χ1v) is 16.5. The zero-order valence-corrected chi connectivity index (χ0v) is 23.9. The highest BCUT2D eigenvalue weighted by atomic mass is 32.3. The Balaban J connectivity index is 1.87. The quantitative estimate of drug-likeness (QED) is 0.133. The number of rotatable bonds is 11. The Morgan fingerprint density at radius 2 is 0.559 bits per heavy atom. The van der Waals surface area contributed by atoms with E-state index in [0.29, 0.717) is 0 Å². The summed E-state index contributed by atoms with van der Waals surface area (Å²) in [5.74, 6) is 0. The van der Waals surface area contributed by atoms with Crippen molar-refractivity contribution in [3.05, 3.63) is 121 Å². The number of thioether (sulfide) groups is 6. The summed E-state index contributed by atoms with van der Waals surface area (Å²) in [4.78, 5) is 5.11. The molecule has 0 fully saturated rings. The molecule has 0 saturated heterocycles. The maximum Gasteiger partial charge on any atom is 0.149 e. The van der Waals surface area contributed by atoms with Crippen LogP contribution in [0.4, 0.5) is 0 Å². The molecule has 0 aliphatic carbocycles. The molecule has 4 aromatic rings. The molecule has 34 heavy (non-hydrogen) atoms. The Bertz CT molecular complexity index is 945. The van der Waals surface area contributed by atoms with Crippen LogP contribution in [0, 0.1) is 0 Å². The summed E-state index contributed by atoms with van der Waals surface area (Å²) < 4.78 is -0.480. The van der Waals surface area contributed by atoms with Gasteiger partial charge >= 0.3 is 0 Å². The predicted molar refractivity (Wildman–Crippen MR) is 162 cm³/mol. The molecule has 0 bridgehead atoms. The van der Waals surface area contributed by atoms with Crippen LogP contribution in [0.25, 0.3) is 0 Å². The van der Waals surface area contributed by atoms with Crippen molar-refractivity contribution in [3.63, 3.8) is 0 Å². The Morgan fingerprint density at radius 3 is 0.735 bits per heavy atom. The van der Waals surface area contributed by atoms with E-state index in [0.717, 1.165) is 0 Å². The molecule has 0 aliphatic heterocycles. The van der Waals surface area contributed by atoms with Crippen LogP contribution in [0.5, 0.6) is 0 Å². The van der Waals surface area contributed by atoms with Crippen LogP contribution in [0.3, 0.4) is 0 Å². The Kier molecular flexibility index (Phi) is 9.80. The number of benzene rings is 4. The lowest BCUT2D eigenvalue weighted by atomic mass is 10.4. The fourth-order valence-electron chi connectivity index (χ4n) is 3.28. The summed E-state index contributed by atoms with van der Waals surface area (Å²) in [7, 11) is 0.